The van der Waals surface area contributed by atoms with Crippen LogP contribution in [0.15, 0.2) is 24.3 Å². The second-order valence-electron chi connectivity index (χ2n) is 5.28. The largest absolute Gasteiger partial charge is 0.497 e. The first-order chi connectivity index (χ1) is 9.08. The number of ether oxygens (including phenoxy) is 1. The second kappa shape index (κ2) is 5.51. The summed E-state index contributed by atoms with van der Waals surface area (Å²) in [6, 6.07) is 7.44. The molecule has 0 aromatic heterocycles. The minimum Gasteiger partial charge on any atom is -0.497 e. The van der Waals surface area contributed by atoms with Crippen molar-refractivity contribution >= 4 is 11.7 Å². The number of methoxy groups -OCH3 is 1. The third kappa shape index (κ3) is 2.67. The molecule has 0 saturated heterocycles. The Morgan fingerprint density at radius 1 is 1.47 bits per heavy atom. The van der Waals surface area contributed by atoms with Crippen molar-refractivity contribution < 1.29 is 14.6 Å². The number of hydrogen-bond donors (Lipinski definition) is 2. The molecule has 1 aromatic carbocycles. The third-order valence-corrected chi connectivity index (χ3v) is 4.12. The lowest BCUT2D eigenvalue weighted by Crippen LogP contribution is -2.53. The smallest absolute Gasteiger partial charge is 0.329 e. The molecule has 4 heteroatoms. The summed E-state index contributed by atoms with van der Waals surface area (Å²) in [5, 5.41) is 12.9. The second-order valence-corrected chi connectivity index (χ2v) is 5.28. The average Bonchev–Trinajstić information content (AvgIpc) is 2.41. The molecule has 0 bridgehead atoms. The molecule has 4 nitrogen and oxygen atoms in total. The van der Waals surface area contributed by atoms with Gasteiger partial charge in [-0.15, -0.1) is 0 Å². The van der Waals surface area contributed by atoms with E-state index in [9.17, 15) is 9.90 Å². The number of carboxylic acids is 1. The minimum atomic E-state index is -0.857. The van der Waals surface area contributed by atoms with Crippen molar-refractivity contribution in [1.82, 2.24) is 0 Å². The Bertz CT molecular complexity index is 460. The third-order valence-electron chi connectivity index (χ3n) is 4.12. The maximum absolute atomic E-state index is 11.8. The minimum absolute atomic E-state index is 0.116. The number of anilines is 1. The van der Waals surface area contributed by atoms with E-state index in [1.165, 1.54) is 0 Å². The van der Waals surface area contributed by atoms with Gasteiger partial charge in [0.05, 0.1) is 7.11 Å². The van der Waals surface area contributed by atoms with Crippen LogP contribution in [0.3, 0.4) is 0 Å². The maximum Gasteiger partial charge on any atom is 0.329 e. The summed E-state index contributed by atoms with van der Waals surface area (Å²) >= 11 is 0. The molecule has 1 aliphatic carbocycles. The van der Waals surface area contributed by atoms with Crippen LogP contribution in [0.1, 0.15) is 32.6 Å². The van der Waals surface area contributed by atoms with E-state index in [1.807, 2.05) is 31.2 Å². The van der Waals surface area contributed by atoms with Crippen LogP contribution in [0.25, 0.3) is 0 Å². The molecule has 0 heterocycles. The van der Waals surface area contributed by atoms with Crippen molar-refractivity contribution in [3.05, 3.63) is 24.3 Å². The van der Waals surface area contributed by atoms with E-state index in [2.05, 4.69) is 5.32 Å². The standard InChI is InChI=1S/C15H21NO3/c1-11-6-3-4-9-15(11,14(17)18)16-12-7-5-8-13(10-12)19-2/h5,7-8,10-11,16H,3-4,6,9H2,1-2H3,(H,17,18). The topological polar surface area (TPSA) is 58.6 Å². The normalized spacial score (nSPS) is 26.7. The van der Waals surface area contributed by atoms with E-state index in [1.54, 1.807) is 7.11 Å². The van der Waals surface area contributed by atoms with Gasteiger partial charge < -0.3 is 15.2 Å². The van der Waals surface area contributed by atoms with Crippen LogP contribution in [0.2, 0.25) is 0 Å². The van der Waals surface area contributed by atoms with Gasteiger partial charge in [0.2, 0.25) is 0 Å². The van der Waals surface area contributed by atoms with Crippen LogP contribution in [0.4, 0.5) is 5.69 Å². The summed E-state index contributed by atoms with van der Waals surface area (Å²) in [7, 11) is 1.61. The van der Waals surface area contributed by atoms with Crippen LogP contribution in [0, 0.1) is 5.92 Å². The molecule has 0 aliphatic heterocycles. The van der Waals surface area contributed by atoms with Crippen molar-refractivity contribution in [3.8, 4) is 5.75 Å². The molecule has 2 atom stereocenters. The Labute approximate surface area is 113 Å². The molecule has 1 saturated carbocycles. The van der Waals surface area contributed by atoms with Crippen LogP contribution >= 0.6 is 0 Å². The first-order valence-electron chi connectivity index (χ1n) is 6.74. The number of benzene rings is 1. The molecule has 2 N–H and O–H groups in total. The number of aliphatic carboxylic acids is 1. The summed E-state index contributed by atoms with van der Waals surface area (Å²) < 4.78 is 5.18. The van der Waals surface area contributed by atoms with Gasteiger partial charge in [0.25, 0.3) is 0 Å². The van der Waals surface area contributed by atoms with Crippen molar-refractivity contribution in [2.45, 2.75) is 38.1 Å². The summed E-state index contributed by atoms with van der Waals surface area (Å²) in [4.78, 5) is 11.8. The van der Waals surface area contributed by atoms with E-state index in [-0.39, 0.29) is 5.92 Å². The van der Waals surface area contributed by atoms with Gasteiger partial charge in [0, 0.05) is 11.8 Å². The van der Waals surface area contributed by atoms with Crippen molar-refractivity contribution in [3.63, 3.8) is 0 Å². The lowest BCUT2D eigenvalue weighted by atomic mass is 9.73. The van der Waals surface area contributed by atoms with Crippen molar-refractivity contribution in [2.75, 3.05) is 12.4 Å². The van der Waals surface area contributed by atoms with E-state index in [0.29, 0.717) is 6.42 Å². The molecule has 0 radical (unpaired) electrons. The van der Waals surface area contributed by atoms with Crippen LogP contribution in [-0.2, 0) is 4.79 Å². The first-order valence-corrected chi connectivity index (χ1v) is 6.74. The van der Waals surface area contributed by atoms with Crippen molar-refractivity contribution in [1.29, 1.82) is 0 Å². The zero-order chi connectivity index (χ0) is 13.9. The van der Waals surface area contributed by atoms with E-state index in [0.717, 1.165) is 30.7 Å². The zero-order valence-corrected chi connectivity index (χ0v) is 11.5. The highest BCUT2D eigenvalue weighted by Crippen LogP contribution is 2.37. The predicted octanol–water partition coefficient (Wildman–Crippen LogP) is 3.14. The van der Waals surface area contributed by atoms with Crippen molar-refractivity contribution in [2.24, 2.45) is 5.92 Å². The first kappa shape index (κ1) is 13.7. The molecule has 2 unspecified atom stereocenters. The highest BCUT2D eigenvalue weighted by Gasteiger charge is 2.45. The number of rotatable bonds is 4. The Balaban J connectivity index is 2.27. The van der Waals surface area contributed by atoms with Crippen LogP contribution in [0.5, 0.6) is 5.75 Å². The predicted molar refractivity (Wildman–Crippen MR) is 74.6 cm³/mol. The quantitative estimate of drug-likeness (QED) is 0.876. The Kier molecular flexibility index (Phi) is 3.98. The lowest BCUT2D eigenvalue weighted by molar-refractivity contribution is -0.145. The molecule has 2 rings (SSSR count). The number of hydrogen-bond acceptors (Lipinski definition) is 3. The Morgan fingerprint density at radius 2 is 2.26 bits per heavy atom. The van der Waals surface area contributed by atoms with Gasteiger partial charge in [-0.2, -0.15) is 0 Å². The Hall–Kier alpha value is -1.71. The van der Waals surface area contributed by atoms with Crippen LogP contribution in [-0.4, -0.2) is 23.7 Å². The number of carbonyl (C=O) groups is 1. The highest BCUT2D eigenvalue weighted by molar-refractivity contribution is 5.83. The highest BCUT2D eigenvalue weighted by atomic mass is 16.5. The molecular formula is C15H21NO3. The summed E-state index contributed by atoms with van der Waals surface area (Å²) in [6.07, 6.45) is 3.67. The van der Waals surface area contributed by atoms with E-state index in [4.69, 9.17) is 4.74 Å². The van der Waals surface area contributed by atoms with E-state index < -0.39 is 11.5 Å². The molecule has 19 heavy (non-hydrogen) atoms. The summed E-state index contributed by atoms with van der Waals surface area (Å²) in [5.41, 5.74) is -0.0551. The molecule has 1 fully saturated rings. The van der Waals surface area contributed by atoms with Gasteiger partial charge in [-0.3, -0.25) is 0 Å². The van der Waals surface area contributed by atoms with E-state index >= 15 is 0 Å². The van der Waals surface area contributed by atoms with Crippen LogP contribution < -0.4 is 10.1 Å². The molecule has 0 amide bonds. The van der Waals surface area contributed by atoms with Gasteiger partial charge in [0.15, 0.2) is 0 Å². The fraction of sp³-hybridized carbons (Fsp3) is 0.533. The molecule has 1 aromatic rings. The van der Waals surface area contributed by atoms with Gasteiger partial charge in [0.1, 0.15) is 11.3 Å². The molecular weight excluding hydrogens is 242 g/mol. The SMILES string of the molecule is COc1cccc(NC2(C(=O)O)CCCCC2C)c1. The fourth-order valence-electron chi connectivity index (χ4n) is 2.86. The summed E-state index contributed by atoms with van der Waals surface area (Å²) in [5.74, 6) is 0.0847. The number of carboxylic acid groups (broad SMARTS) is 1. The lowest BCUT2D eigenvalue weighted by Gasteiger charge is -2.40. The monoisotopic (exact) mass is 263 g/mol. The number of nitrogens with one attached hydrogen (secondary N) is 1. The Morgan fingerprint density at radius 3 is 2.89 bits per heavy atom. The molecule has 1 aliphatic rings. The fourth-order valence-corrected chi connectivity index (χ4v) is 2.86. The maximum atomic E-state index is 11.8. The summed E-state index contributed by atoms with van der Waals surface area (Å²) in [6.45, 7) is 2.01. The van der Waals surface area contributed by atoms with Gasteiger partial charge in [-0.05, 0) is 30.9 Å². The van der Waals surface area contributed by atoms with Gasteiger partial charge in [-0.1, -0.05) is 25.8 Å². The average molecular weight is 263 g/mol. The molecule has 0 spiro atoms. The van der Waals surface area contributed by atoms with Gasteiger partial charge >= 0.3 is 5.97 Å². The van der Waals surface area contributed by atoms with Gasteiger partial charge in [-0.25, -0.2) is 4.79 Å². The molecule has 104 valence electrons. The zero-order valence-electron chi connectivity index (χ0n) is 11.5.